The molecule has 2 aromatic rings. The Kier molecular flexibility index (Phi) is 6.45. The number of nitrogens with one attached hydrogen (secondary N) is 1. The fourth-order valence-corrected chi connectivity index (χ4v) is 5.07. The number of carboxylic acid groups (broad SMARTS) is 1. The van der Waals surface area contributed by atoms with E-state index < -0.39 is 0 Å². The third-order valence-electron chi connectivity index (χ3n) is 6.79. The van der Waals surface area contributed by atoms with E-state index in [1.165, 1.54) is 5.56 Å². The van der Waals surface area contributed by atoms with E-state index in [1.807, 2.05) is 24.1 Å². The van der Waals surface area contributed by atoms with Crippen molar-refractivity contribution >= 4 is 18.2 Å². The lowest BCUT2D eigenvalue weighted by Crippen LogP contribution is -2.48. The van der Waals surface area contributed by atoms with E-state index in [4.69, 9.17) is 19.9 Å². The van der Waals surface area contributed by atoms with Crippen LogP contribution in [0.1, 0.15) is 65.6 Å². The molecular formula is C23H31N5O4. The molecule has 9 nitrogen and oxygen atoms in total. The number of hydrogen-bond acceptors (Lipinski definition) is 6. The number of aliphatic hydroxyl groups is 1. The zero-order valence-electron chi connectivity index (χ0n) is 18.5. The minimum Gasteiger partial charge on any atom is -0.483 e. The molecule has 1 unspecified atom stereocenters. The van der Waals surface area contributed by atoms with Gasteiger partial charge in [0, 0.05) is 49.8 Å². The Morgan fingerprint density at radius 2 is 2.16 bits per heavy atom. The summed E-state index contributed by atoms with van der Waals surface area (Å²) >= 11 is 0. The molecule has 1 saturated heterocycles. The standard InChI is InChI=1S/C22H29N5O2.CH2O2/c1-26(12-13-28)20-16-7-9-22(18(16)24-19(25-20)15-5-6-15)8-3-11-27(14-22)21(29)17-4-2-10-23-17;2-1-3/h2,4,10,15,23,28H,3,5-9,11-14H2,1H3;1H,(H,2,3). The molecule has 3 heterocycles. The number of aromatic nitrogens is 3. The molecular weight excluding hydrogens is 410 g/mol. The first-order valence-electron chi connectivity index (χ1n) is 11.3. The lowest BCUT2D eigenvalue weighted by molar-refractivity contribution is -0.122. The molecule has 1 amide bonds. The molecule has 2 fully saturated rings. The second-order valence-corrected chi connectivity index (χ2v) is 8.95. The van der Waals surface area contributed by atoms with E-state index in [9.17, 15) is 9.90 Å². The molecule has 32 heavy (non-hydrogen) atoms. The SMILES string of the molecule is CN(CCO)c1nc(C2CC2)nc2c1CCC21CCCN(C(=O)c2ccc[nH]2)C1.O=CO. The van der Waals surface area contributed by atoms with Crippen molar-refractivity contribution in [3.05, 3.63) is 41.1 Å². The van der Waals surface area contributed by atoms with Gasteiger partial charge in [0.1, 0.15) is 17.3 Å². The van der Waals surface area contributed by atoms with Crippen molar-refractivity contribution in [1.29, 1.82) is 0 Å². The van der Waals surface area contributed by atoms with Gasteiger partial charge in [-0.25, -0.2) is 9.97 Å². The number of carbonyl (C=O) groups excluding carboxylic acids is 1. The van der Waals surface area contributed by atoms with Crippen molar-refractivity contribution in [3.63, 3.8) is 0 Å². The van der Waals surface area contributed by atoms with Gasteiger partial charge in [-0.1, -0.05) is 0 Å². The third-order valence-corrected chi connectivity index (χ3v) is 6.79. The van der Waals surface area contributed by atoms with Gasteiger partial charge in [0.2, 0.25) is 0 Å². The summed E-state index contributed by atoms with van der Waals surface area (Å²) < 4.78 is 0. The number of piperidine rings is 1. The van der Waals surface area contributed by atoms with Gasteiger partial charge >= 0.3 is 0 Å². The van der Waals surface area contributed by atoms with Crippen molar-refractivity contribution in [2.45, 2.75) is 49.9 Å². The van der Waals surface area contributed by atoms with E-state index in [-0.39, 0.29) is 24.4 Å². The van der Waals surface area contributed by atoms with Crippen LogP contribution in [0.2, 0.25) is 0 Å². The number of rotatable bonds is 5. The number of fused-ring (bicyclic) bond motifs is 2. The van der Waals surface area contributed by atoms with Crippen LogP contribution in [0, 0.1) is 0 Å². The van der Waals surface area contributed by atoms with Crippen molar-refractivity contribution in [1.82, 2.24) is 19.9 Å². The zero-order valence-corrected chi connectivity index (χ0v) is 18.5. The van der Waals surface area contributed by atoms with E-state index >= 15 is 0 Å². The van der Waals surface area contributed by atoms with Crippen LogP contribution in [0.25, 0.3) is 0 Å². The van der Waals surface area contributed by atoms with Crippen LogP contribution in [0.3, 0.4) is 0 Å². The average molecular weight is 442 g/mol. The molecule has 0 aromatic carbocycles. The minimum absolute atomic E-state index is 0.0722. The number of aliphatic hydroxyl groups excluding tert-OH is 1. The highest BCUT2D eigenvalue weighted by atomic mass is 16.3. The number of carbonyl (C=O) groups is 2. The highest BCUT2D eigenvalue weighted by Gasteiger charge is 2.47. The van der Waals surface area contributed by atoms with Crippen LogP contribution in [-0.2, 0) is 16.6 Å². The Bertz CT molecular complexity index is 960. The molecule has 0 bridgehead atoms. The second-order valence-electron chi connectivity index (χ2n) is 8.95. The highest BCUT2D eigenvalue weighted by molar-refractivity contribution is 5.92. The number of nitrogens with zero attached hydrogens (tertiary/aromatic N) is 4. The van der Waals surface area contributed by atoms with Gasteiger partial charge in [-0.15, -0.1) is 0 Å². The van der Waals surface area contributed by atoms with E-state index in [2.05, 4.69) is 9.88 Å². The number of aromatic amines is 1. The largest absolute Gasteiger partial charge is 0.483 e. The topological polar surface area (TPSA) is 123 Å². The molecule has 5 rings (SSSR count). The zero-order chi connectivity index (χ0) is 22.7. The number of likely N-dealkylation sites (tertiary alicyclic amines) is 1. The van der Waals surface area contributed by atoms with Crippen LogP contribution in [0.4, 0.5) is 5.82 Å². The fourth-order valence-electron chi connectivity index (χ4n) is 5.07. The maximum absolute atomic E-state index is 13.0. The first kappa shape index (κ1) is 22.3. The Labute approximate surface area is 187 Å². The first-order valence-corrected chi connectivity index (χ1v) is 11.3. The number of anilines is 1. The molecule has 1 spiro atoms. The number of likely N-dealkylation sites (N-methyl/N-ethyl adjacent to an activating group) is 1. The van der Waals surface area contributed by atoms with Crippen molar-refractivity contribution in [2.24, 2.45) is 0 Å². The van der Waals surface area contributed by atoms with Gasteiger partial charge in [-0.2, -0.15) is 0 Å². The summed E-state index contributed by atoms with van der Waals surface area (Å²) in [6.45, 7) is 1.95. The van der Waals surface area contributed by atoms with Gasteiger partial charge < -0.3 is 25.0 Å². The fraction of sp³-hybridized carbons (Fsp3) is 0.565. The Balaban J connectivity index is 0.000000775. The monoisotopic (exact) mass is 441 g/mol. The molecule has 2 aliphatic carbocycles. The van der Waals surface area contributed by atoms with Gasteiger partial charge in [0.05, 0.1) is 12.3 Å². The quantitative estimate of drug-likeness (QED) is 0.606. The summed E-state index contributed by atoms with van der Waals surface area (Å²) in [6, 6.07) is 3.72. The van der Waals surface area contributed by atoms with Gasteiger partial charge in [-0.3, -0.25) is 9.59 Å². The van der Waals surface area contributed by atoms with Crippen LogP contribution in [0.15, 0.2) is 18.3 Å². The van der Waals surface area contributed by atoms with Crippen molar-refractivity contribution in [3.8, 4) is 0 Å². The van der Waals surface area contributed by atoms with Gasteiger partial charge in [0.15, 0.2) is 0 Å². The predicted octanol–water partition coefficient (Wildman–Crippen LogP) is 1.93. The van der Waals surface area contributed by atoms with Crippen LogP contribution < -0.4 is 4.90 Å². The average Bonchev–Trinajstić information content (AvgIpc) is 3.40. The van der Waals surface area contributed by atoms with Gasteiger partial charge in [-0.05, 0) is 50.7 Å². The summed E-state index contributed by atoms with van der Waals surface area (Å²) in [6.07, 6.45) is 8.14. The summed E-state index contributed by atoms with van der Waals surface area (Å²) in [5.74, 6) is 2.49. The van der Waals surface area contributed by atoms with Crippen LogP contribution in [-0.4, -0.2) is 75.7 Å². The Morgan fingerprint density at radius 1 is 1.38 bits per heavy atom. The van der Waals surface area contributed by atoms with Crippen molar-refractivity contribution in [2.75, 3.05) is 38.2 Å². The maximum Gasteiger partial charge on any atom is 0.290 e. The lowest BCUT2D eigenvalue weighted by Gasteiger charge is -2.40. The molecule has 1 saturated carbocycles. The lowest BCUT2D eigenvalue weighted by atomic mass is 9.77. The Morgan fingerprint density at radius 3 is 2.81 bits per heavy atom. The van der Waals surface area contributed by atoms with Gasteiger partial charge in [0.25, 0.3) is 12.4 Å². The Hall–Kier alpha value is -2.94. The van der Waals surface area contributed by atoms with Crippen LogP contribution >= 0.6 is 0 Å². The summed E-state index contributed by atoms with van der Waals surface area (Å²) in [5, 5.41) is 16.3. The van der Waals surface area contributed by atoms with Crippen LogP contribution in [0.5, 0.6) is 0 Å². The smallest absolute Gasteiger partial charge is 0.290 e. The molecule has 0 radical (unpaired) electrons. The van der Waals surface area contributed by atoms with Crippen molar-refractivity contribution < 1.29 is 19.8 Å². The molecule has 9 heteroatoms. The molecule has 172 valence electrons. The normalized spacial score (nSPS) is 21.6. The third kappa shape index (κ3) is 4.21. The number of hydrogen-bond donors (Lipinski definition) is 3. The molecule has 3 aliphatic rings. The number of H-pyrrole nitrogens is 1. The summed E-state index contributed by atoms with van der Waals surface area (Å²) in [5.41, 5.74) is 2.97. The molecule has 2 aromatic heterocycles. The molecule has 3 N–H and O–H groups in total. The van der Waals surface area contributed by atoms with E-state index in [0.717, 1.165) is 69.0 Å². The number of amides is 1. The second kappa shape index (κ2) is 9.28. The summed E-state index contributed by atoms with van der Waals surface area (Å²) in [7, 11) is 2.00. The van der Waals surface area contributed by atoms with E-state index in [0.29, 0.717) is 18.2 Å². The van der Waals surface area contributed by atoms with E-state index in [1.54, 1.807) is 6.20 Å². The highest BCUT2D eigenvalue weighted by Crippen LogP contribution is 2.48. The minimum atomic E-state index is -0.250. The molecule has 1 atom stereocenters. The first-order chi connectivity index (χ1) is 15.5. The summed E-state index contributed by atoms with van der Waals surface area (Å²) in [4.78, 5) is 38.5. The maximum atomic E-state index is 13.0. The predicted molar refractivity (Wildman–Crippen MR) is 119 cm³/mol. The molecule has 1 aliphatic heterocycles.